The van der Waals surface area contributed by atoms with Gasteiger partial charge in [-0.05, 0) is 42.7 Å². The Morgan fingerprint density at radius 2 is 2.26 bits per heavy atom. The summed E-state index contributed by atoms with van der Waals surface area (Å²) in [5.74, 6) is -0.489. The highest BCUT2D eigenvalue weighted by Crippen LogP contribution is 2.29. The van der Waals surface area contributed by atoms with Gasteiger partial charge in [0.25, 0.3) is 0 Å². The number of rotatable bonds is 6. The van der Waals surface area contributed by atoms with E-state index in [1.54, 1.807) is 11.3 Å². The number of hydrogen-bond donors (Lipinski definition) is 2. The van der Waals surface area contributed by atoms with Crippen molar-refractivity contribution in [3.8, 4) is 0 Å². The standard InChI is InChI=1S/C13H18N2O3S/c1-9-4-5-19-11(9)6-14-13(18)15(8-12(16)17)7-10-2-3-10/h4-5,10H,2-3,6-8H2,1H3,(H,14,18)(H,16,17). The summed E-state index contributed by atoms with van der Waals surface area (Å²) < 4.78 is 0. The van der Waals surface area contributed by atoms with Crippen molar-refractivity contribution < 1.29 is 14.7 Å². The number of amides is 2. The van der Waals surface area contributed by atoms with Crippen molar-refractivity contribution in [3.63, 3.8) is 0 Å². The number of aliphatic carboxylic acids is 1. The van der Waals surface area contributed by atoms with Crippen molar-refractivity contribution in [2.45, 2.75) is 26.3 Å². The van der Waals surface area contributed by atoms with Gasteiger partial charge in [0, 0.05) is 11.4 Å². The van der Waals surface area contributed by atoms with Crippen molar-refractivity contribution in [1.82, 2.24) is 10.2 Å². The monoisotopic (exact) mass is 282 g/mol. The molecule has 1 aliphatic carbocycles. The predicted octanol–water partition coefficient (Wildman–Crippen LogP) is 2.06. The lowest BCUT2D eigenvalue weighted by atomic mass is 10.3. The molecule has 0 spiro atoms. The van der Waals surface area contributed by atoms with Gasteiger partial charge in [-0.25, -0.2) is 4.79 Å². The third kappa shape index (κ3) is 4.24. The quantitative estimate of drug-likeness (QED) is 0.839. The normalized spacial score (nSPS) is 14.2. The van der Waals surface area contributed by atoms with Crippen LogP contribution in [0.1, 0.15) is 23.3 Å². The van der Waals surface area contributed by atoms with Crippen LogP contribution in [0, 0.1) is 12.8 Å². The van der Waals surface area contributed by atoms with Gasteiger partial charge in [0.1, 0.15) is 6.54 Å². The first kappa shape index (κ1) is 13.9. The van der Waals surface area contributed by atoms with Gasteiger partial charge in [-0.2, -0.15) is 0 Å². The summed E-state index contributed by atoms with van der Waals surface area (Å²) in [6.45, 7) is 2.77. The number of carboxylic acids is 1. The largest absolute Gasteiger partial charge is 0.480 e. The number of urea groups is 1. The minimum absolute atomic E-state index is 0.230. The smallest absolute Gasteiger partial charge is 0.323 e. The molecule has 0 saturated heterocycles. The number of carbonyl (C=O) groups is 2. The van der Waals surface area contributed by atoms with E-state index in [4.69, 9.17) is 5.11 Å². The molecule has 6 heteroatoms. The van der Waals surface area contributed by atoms with Crippen LogP contribution in [0.15, 0.2) is 11.4 Å². The van der Waals surface area contributed by atoms with Crippen molar-refractivity contribution in [2.24, 2.45) is 5.92 Å². The number of aryl methyl sites for hydroxylation is 1. The SMILES string of the molecule is Cc1ccsc1CNC(=O)N(CC(=O)O)CC1CC1. The van der Waals surface area contributed by atoms with E-state index in [1.165, 1.54) is 4.90 Å². The van der Waals surface area contributed by atoms with Gasteiger partial charge >= 0.3 is 12.0 Å². The molecule has 1 heterocycles. The molecule has 19 heavy (non-hydrogen) atoms. The zero-order chi connectivity index (χ0) is 13.8. The van der Waals surface area contributed by atoms with Crippen molar-refractivity contribution in [2.75, 3.05) is 13.1 Å². The molecular weight excluding hydrogens is 264 g/mol. The highest BCUT2D eigenvalue weighted by atomic mass is 32.1. The Labute approximate surface area is 116 Å². The lowest BCUT2D eigenvalue weighted by Crippen LogP contribution is -2.43. The Morgan fingerprint density at radius 3 is 2.79 bits per heavy atom. The van der Waals surface area contributed by atoms with Crippen LogP contribution in [0.25, 0.3) is 0 Å². The maximum absolute atomic E-state index is 12.0. The number of thiophene rings is 1. The van der Waals surface area contributed by atoms with E-state index >= 15 is 0 Å². The van der Waals surface area contributed by atoms with Crippen LogP contribution in [-0.4, -0.2) is 35.1 Å². The van der Waals surface area contributed by atoms with Crippen LogP contribution in [0.3, 0.4) is 0 Å². The molecule has 1 aromatic heterocycles. The van der Waals surface area contributed by atoms with E-state index in [9.17, 15) is 9.59 Å². The maximum Gasteiger partial charge on any atom is 0.323 e. The molecular formula is C13H18N2O3S. The first-order valence-corrected chi connectivity index (χ1v) is 7.21. The highest BCUT2D eigenvalue weighted by Gasteiger charge is 2.27. The topological polar surface area (TPSA) is 69.6 Å². The number of carboxylic acid groups (broad SMARTS) is 1. The van der Waals surface area contributed by atoms with Gasteiger partial charge < -0.3 is 15.3 Å². The van der Waals surface area contributed by atoms with Gasteiger partial charge in [-0.15, -0.1) is 11.3 Å². The minimum atomic E-state index is -0.969. The summed E-state index contributed by atoms with van der Waals surface area (Å²) in [6, 6.07) is 1.72. The molecule has 2 amide bonds. The Kier molecular flexibility index (Phi) is 4.42. The zero-order valence-corrected chi connectivity index (χ0v) is 11.7. The molecule has 104 valence electrons. The second kappa shape index (κ2) is 6.06. The first-order chi connectivity index (χ1) is 9.06. The Balaban J connectivity index is 1.87. The van der Waals surface area contributed by atoms with Crippen LogP contribution in [0.2, 0.25) is 0 Å². The molecule has 1 aromatic rings. The molecule has 0 aliphatic heterocycles. The van der Waals surface area contributed by atoms with E-state index in [2.05, 4.69) is 5.32 Å². The molecule has 2 rings (SSSR count). The molecule has 0 bridgehead atoms. The van der Waals surface area contributed by atoms with E-state index in [-0.39, 0.29) is 12.6 Å². The summed E-state index contributed by atoms with van der Waals surface area (Å²) in [4.78, 5) is 25.3. The van der Waals surface area contributed by atoms with Crippen LogP contribution < -0.4 is 5.32 Å². The van der Waals surface area contributed by atoms with Gasteiger partial charge in [0.05, 0.1) is 6.54 Å². The third-order valence-corrected chi connectivity index (χ3v) is 4.18. The number of nitrogens with one attached hydrogen (secondary N) is 1. The second-order valence-corrected chi connectivity index (χ2v) is 5.90. The van der Waals surface area contributed by atoms with Crippen molar-refractivity contribution in [3.05, 3.63) is 21.9 Å². The Bertz CT molecular complexity index is 468. The van der Waals surface area contributed by atoms with E-state index in [0.717, 1.165) is 23.3 Å². The molecule has 1 aliphatic rings. The molecule has 2 N–H and O–H groups in total. The zero-order valence-electron chi connectivity index (χ0n) is 10.9. The van der Waals surface area contributed by atoms with Crippen LogP contribution >= 0.6 is 11.3 Å². The lowest BCUT2D eigenvalue weighted by molar-refractivity contribution is -0.137. The fraction of sp³-hybridized carbons (Fsp3) is 0.538. The number of hydrogen-bond acceptors (Lipinski definition) is 3. The molecule has 0 aromatic carbocycles. The third-order valence-electron chi connectivity index (χ3n) is 3.16. The van der Waals surface area contributed by atoms with Gasteiger partial charge in [-0.3, -0.25) is 4.79 Å². The summed E-state index contributed by atoms with van der Waals surface area (Å²) in [5.41, 5.74) is 1.15. The minimum Gasteiger partial charge on any atom is -0.480 e. The molecule has 0 unspecified atom stereocenters. The van der Waals surface area contributed by atoms with E-state index in [0.29, 0.717) is 19.0 Å². The lowest BCUT2D eigenvalue weighted by Gasteiger charge is -2.21. The fourth-order valence-corrected chi connectivity index (χ4v) is 2.69. The average molecular weight is 282 g/mol. The second-order valence-electron chi connectivity index (χ2n) is 4.90. The predicted molar refractivity (Wildman–Crippen MR) is 73.2 cm³/mol. The number of nitrogens with zero attached hydrogens (tertiary/aromatic N) is 1. The van der Waals surface area contributed by atoms with Crippen molar-refractivity contribution in [1.29, 1.82) is 0 Å². The summed E-state index contributed by atoms with van der Waals surface area (Å²) in [5, 5.41) is 13.6. The fourth-order valence-electron chi connectivity index (χ4n) is 1.85. The first-order valence-electron chi connectivity index (χ1n) is 6.34. The van der Waals surface area contributed by atoms with Crippen LogP contribution in [0.5, 0.6) is 0 Å². The Hall–Kier alpha value is -1.56. The Morgan fingerprint density at radius 1 is 1.53 bits per heavy atom. The molecule has 5 nitrogen and oxygen atoms in total. The molecule has 0 radical (unpaired) electrons. The molecule has 0 atom stereocenters. The van der Waals surface area contributed by atoms with Crippen LogP contribution in [-0.2, 0) is 11.3 Å². The average Bonchev–Trinajstić information content (AvgIpc) is 3.07. The molecule has 1 fully saturated rings. The highest BCUT2D eigenvalue weighted by molar-refractivity contribution is 7.10. The van der Waals surface area contributed by atoms with Crippen LogP contribution in [0.4, 0.5) is 4.79 Å². The van der Waals surface area contributed by atoms with Crippen molar-refractivity contribution >= 4 is 23.3 Å². The van der Waals surface area contributed by atoms with Gasteiger partial charge in [-0.1, -0.05) is 0 Å². The molecule has 1 saturated carbocycles. The van der Waals surface area contributed by atoms with Gasteiger partial charge in [0.15, 0.2) is 0 Å². The maximum atomic E-state index is 12.0. The number of carbonyl (C=O) groups excluding carboxylic acids is 1. The summed E-state index contributed by atoms with van der Waals surface area (Å²) in [6.07, 6.45) is 2.18. The van der Waals surface area contributed by atoms with E-state index < -0.39 is 5.97 Å². The van der Waals surface area contributed by atoms with E-state index in [1.807, 2.05) is 18.4 Å². The summed E-state index contributed by atoms with van der Waals surface area (Å²) >= 11 is 1.59. The van der Waals surface area contributed by atoms with Gasteiger partial charge in [0.2, 0.25) is 0 Å². The summed E-state index contributed by atoms with van der Waals surface area (Å²) in [7, 11) is 0.